The van der Waals surface area contributed by atoms with Crippen LogP contribution in [-0.2, 0) is 9.05 Å². The van der Waals surface area contributed by atoms with Crippen molar-refractivity contribution in [1.29, 1.82) is 0 Å². The van der Waals surface area contributed by atoms with Gasteiger partial charge in [0, 0.05) is 10.7 Å². The minimum absolute atomic E-state index is 0.135. The molecule has 0 unspecified atom stereocenters. The van der Waals surface area contributed by atoms with Crippen LogP contribution in [0.1, 0.15) is 25.8 Å². The van der Waals surface area contributed by atoms with Gasteiger partial charge < -0.3 is 4.74 Å². The molecular formula is C12H17ClO3S. The average molecular weight is 277 g/mol. The van der Waals surface area contributed by atoms with Gasteiger partial charge in [-0.05, 0) is 43.0 Å². The second-order valence-corrected chi connectivity index (χ2v) is 6.93. The molecule has 1 rings (SSSR count). The minimum atomic E-state index is -3.67. The first-order valence-corrected chi connectivity index (χ1v) is 7.79. The van der Waals surface area contributed by atoms with Crippen molar-refractivity contribution in [2.45, 2.75) is 32.1 Å². The molecule has 0 bridgehead atoms. The third-order valence-corrected chi connectivity index (χ3v) is 3.86. The standard InChI is InChI=1S/C12H17ClO3S/c1-9(2)6-7-16-11-4-5-12(10(3)8-11)17(13,14)15/h4-5,8-9H,6-7H2,1-3H3. The van der Waals surface area contributed by atoms with E-state index in [1.165, 1.54) is 6.07 Å². The molecule has 0 saturated carbocycles. The van der Waals surface area contributed by atoms with E-state index in [1.807, 2.05) is 0 Å². The summed E-state index contributed by atoms with van der Waals surface area (Å²) in [7, 11) is 1.63. The van der Waals surface area contributed by atoms with Crippen LogP contribution in [0, 0.1) is 12.8 Å². The molecule has 0 amide bonds. The summed E-state index contributed by atoms with van der Waals surface area (Å²) in [4.78, 5) is 0.135. The van der Waals surface area contributed by atoms with Crippen LogP contribution in [0.3, 0.4) is 0 Å². The summed E-state index contributed by atoms with van der Waals surface area (Å²) in [6.07, 6.45) is 0.967. The van der Waals surface area contributed by atoms with Crippen LogP contribution in [-0.4, -0.2) is 15.0 Å². The van der Waals surface area contributed by atoms with Crippen molar-refractivity contribution in [3.63, 3.8) is 0 Å². The lowest BCUT2D eigenvalue weighted by molar-refractivity contribution is 0.289. The van der Waals surface area contributed by atoms with E-state index in [1.54, 1.807) is 19.1 Å². The Labute approximate surface area is 107 Å². The number of hydrogen-bond acceptors (Lipinski definition) is 3. The Morgan fingerprint density at radius 2 is 2.00 bits per heavy atom. The molecule has 0 aromatic heterocycles. The van der Waals surface area contributed by atoms with Gasteiger partial charge >= 0.3 is 0 Å². The van der Waals surface area contributed by atoms with Gasteiger partial charge in [-0.15, -0.1) is 0 Å². The SMILES string of the molecule is Cc1cc(OCCC(C)C)ccc1S(=O)(=O)Cl. The zero-order chi connectivity index (χ0) is 13.1. The highest BCUT2D eigenvalue weighted by molar-refractivity contribution is 8.13. The molecule has 0 atom stereocenters. The fraction of sp³-hybridized carbons (Fsp3) is 0.500. The summed E-state index contributed by atoms with van der Waals surface area (Å²) in [5, 5.41) is 0. The Bertz CT molecular complexity index is 481. The van der Waals surface area contributed by atoms with Crippen LogP contribution in [0.2, 0.25) is 0 Å². The van der Waals surface area contributed by atoms with E-state index < -0.39 is 9.05 Å². The van der Waals surface area contributed by atoms with Gasteiger partial charge in [0.2, 0.25) is 0 Å². The van der Waals surface area contributed by atoms with E-state index in [9.17, 15) is 8.42 Å². The summed E-state index contributed by atoms with van der Waals surface area (Å²) in [5.41, 5.74) is 0.599. The smallest absolute Gasteiger partial charge is 0.261 e. The maximum Gasteiger partial charge on any atom is 0.261 e. The van der Waals surface area contributed by atoms with Gasteiger partial charge in [-0.2, -0.15) is 0 Å². The lowest BCUT2D eigenvalue weighted by Gasteiger charge is -2.09. The van der Waals surface area contributed by atoms with E-state index in [-0.39, 0.29) is 4.90 Å². The molecule has 1 aromatic rings. The maximum absolute atomic E-state index is 11.2. The van der Waals surface area contributed by atoms with Crippen LogP contribution < -0.4 is 4.74 Å². The van der Waals surface area contributed by atoms with Crippen molar-refractivity contribution in [2.75, 3.05) is 6.61 Å². The zero-order valence-electron chi connectivity index (χ0n) is 10.2. The molecule has 0 radical (unpaired) electrons. The summed E-state index contributed by atoms with van der Waals surface area (Å²) in [5.74, 6) is 1.26. The minimum Gasteiger partial charge on any atom is -0.494 e. The molecule has 0 heterocycles. The molecule has 3 nitrogen and oxygen atoms in total. The number of ether oxygens (including phenoxy) is 1. The topological polar surface area (TPSA) is 43.4 Å². The van der Waals surface area contributed by atoms with E-state index in [2.05, 4.69) is 13.8 Å². The molecular weight excluding hydrogens is 260 g/mol. The molecule has 5 heteroatoms. The monoisotopic (exact) mass is 276 g/mol. The number of benzene rings is 1. The van der Waals surface area contributed by atoms with Crippen molar-refractivity contribution in [3.8, 4) is 5.75 Å². The lowest BCUT2D eigenvalue weighted by atomic mass is 10.1. The molecule has 17 heavy (non-hydrogen) atoms. The zero-order valence-corrected chi connectivity index (χ0v) is 11.8. The average Bonchev–Trinajstić information content (AvgIpc) is 2.14. The van der Waals surface area contributed by atoms with E-state index in [0.29, 0.717) is 23.8 Å². The highest BCUT2D eigenvalue weighted by Gasteiger charge is 2.13. The first-order chi connectivity index (χ1) is 7.80. The Morgan fingerprint density at radius 3 is 2.47 bits per heavy atom. The number of aryl methyl sites for hydroxylation is 1. The Hall–Kier alpha value is -0.740. The first-order valence-electron chi connectivity index (χ1n) is 5.49. The predicted molar refractivity (Wildman–Crippen MR) is 69.2 cm³/mol. The van der Waals surface area contributed by atoms with Gasteiger partial charge in [-0.1, -0.05) is 13.8 Å². The van der Waals surface area contributed by atoms with Gasteiger partial charge in [-0.25, -0.2) is 8.42 Å². The Kier molecular flexibility index (Phi) is 4.83. The highest BCUT2D eigenvalue weighted by Crippen LogP contribution is 2.24. The highest BCUT2D eigenvalue weighted by atomic mass is 35.7. The van der Waals surface area contributed by atoms with Crippen molar-refractivity contribution in [3.05, 3.63) is 23.8 Å². The Balaban J connectivity index is 2.76. The molecule has 0 N–H and O–H groups in total. The largest absolute Gasteiger partial charge is 0.494 e. The van der Waals surface area contributed by atoms with Crippen LogP contribution in [0.5, 0.6) is 5.75 Å². The van der Waals surface area contributed by atoms with E-state index in [0.717, 1.165) is 6.42 Å². The van der Waals surface area contributed by atoms with Gasteiger partial charge in [0.15, 0.2) is 0 Å². The van der Waals surface area contributed by atoms with Gasteiger partial charge in [0.25, 0.3) is 9.05 Å². The second kappa shape index (κ2) is 5.74. The van der Waals surface area contributed by atoms with Crippen molar-refractivity contribution in [2.24, 2.45) is 5.92 Å². The fourth-order valence-electron chi connectivity index (χ4n) is 1.40. The van der Waals surface area contributed by atoms with Crippen molar-refractivity contribution >= 4 is 19.7 Å². The third kappa shape index (κ3) is 4.56. The molecule has 0 aliphatic carbocycles. The van der Waals surface area contributed by atoms with Crippen LogP contribution >= 0.6 is 10.7 Å². The lowest BCUT2D eigenvalue weighted by Crippen LogP contribution is -2.02. The molecule has 0 aliphatic heterocycles. The summed E-state index contributed by atoms with van der Waals surface area (Å²) in [6, 6.07) is 4.79. The van der Waals surface area contributed by atoms with Crippen molar-refractivity contribution in [1.82, 2.24) is 0 Å². The van der Waals surface area contributed by atoms with E-state index >= 15 is 0 Å². The molecule has 0 spiro atoms. The molecule has 0 aliphatic rings. The number of hydrogen-bond donors (Lipinski definition) is 0. The molecule has 0 saturated heterocycles. The number of rotatable bonds is 5. The fourth-order valence-corrected chi connectivity index (χ4v) is 2.59. The van der Waals surface area contributed by atoms with Crippen LogP contribution in [0.25, 0.3) is 0 Å². The van der Waals surface area contributed by atoms with Gasteiger partial charge in [0.05, 0.1) is 11.5 Å². The quantitative estimate of drug-likeness (QED) is 0.775. The first kappa shape index (κ1) is 14.3. The third-order valence-electron chi connectivity index (χ3n) is 2.37. The van der Waals surface area contributed by atoms with Gasteiger partial charge in [-0.3, -0.25) is 0 Å². The molecule has 1 aromatic carbocycles. The predicted octanol–water partition coefficient (Wildman–Crippen LogP) is 3.35. The summed E-state index contributed by atoms with van der Waals surface area (Å²) < 4.78 is 27.9. The number of halogens is 1. The second-order valence-electron chi connectivity index (χ2n) is 4.40. The van der Waals surface area contributed by atoms with E-state index in [4.69, 9.17) is 15.4 Å². The maximum atomic E-state index is 11.2. The Morgan fingerprint density at radius 1 is 1.35 bits per heavy atom. The van der Waals surface area contributed by atoms with Crippen LogP contribution in [0.15, 0.2) is 23.1 Å². The molecule has 96 valence electrons. The summed E-state index contributed by atoms with van der Waals surface area (Å²) in [6.45, 7) is 6.57. The van der Waals surface area contributed by atoms with Gasteiger partial charge in [0.1, 0.15) is 5.75 Å². The van der Waals surface area contributed by atoms with Crippen molar-refractivity contribution < 1.29 is 13.2 Å². The van der Waals surface area contributed by atoms with Crippen LogP contribution in [0.4, 0.5) is 0 Å². The summed E-state index contributed by atoms with van der Waals surface area (Å²) >= 11 is 0. The normalized spacial score (nSPS) is 11.8. The molecule has 0 fully saturated rings.